The number of benzene rings is 4. The van der Waals surface area contributed by atoms with Crippen molar-refractivity contribution < 1.29 is 0 Å². The minimum absolute atomic E-state index is 0.935. The number of hydrogen-bond donors (Lipinski definition) is 0. The fourth-order valence-electron chi connectivity index (χ4n) is 4.79. The molecule has 0 aromatic heterocycles. The third-order valence-electron chi connectivity index (χ3n) is 7.18. The van der Waals surface area contributed by atoms with Crippen LogP contribution < -0.4 is 0 Å². The SMILES string of the molecule is CCCCCCc1ccc(C#Cc2ccc(C#Cc3ccc4cc(CCCC)ccc4c3)c(CC)c2)cc1. The van der Waals surface area contributed by atoms with Gasteiger partial charge in [-0.05, 0) is 102 Å². The number of unbranched alkanes of at least 4 members (excludes halogenated alkanes) is 4. The Bertz CT molecular complexity index is 1460. The zero-order valence-corrected chi connectivity index (χ0v) is 23.4. The highest BCUT2D eigenvalue weighted by Gasteiger charge is 2.01. The average Bonchev–Trinajstić information content (AvgIpc) is 2.96. The second-order valence-corrected chi connectivity index (χ2v) is 10.2. The Morgan fingerprint density at radius 2 is 1.08 bits per heavy atom. The molecule has 0 nitrogen and oxygen atoms in total. The van der Waals surface area contributed by atoms with Crippen LogP contribution in [-0.4, -0.2) is 0 Å². The van der Waals surface area contributed by atoms with Crippen LogP contribution >= 0.6 is 0 Å². The van der Waals surface area contributed by atoms with E-state index in [1.807, 2.05) is 0 Å². The molecule has 4 rings (SSSR count). The quantitative estimate of drug-likeness (QED) is 0.160. The van der Waals surface area contributed by atoms with Crippen molar-refractivity contribution in [3.8, 4) is 23.7 Å². The fourth-order valence-corrected chi connectivity index (χ4v) is 4.79. The van der Waals surface area contributed by atoms with Gasteiger partial charge >= 0.3 is 0 Å². The molecular formula is C38H40. The molecule has 192 valence electrons. The van der Waals surface area contributed by atoms with E-state index >= 15 is 0 Å². The summed E-state index contributed by atoms with van der Waals surface area (Å²) in [7, 11) is 0. The molecule has 0 heteroatoms. The van der Waals surface area contributed by atoms with Gasteiger partial charge in [-0.3, -0.25) is 0 Å². The van der Waals surface area contributed by atoms with Crippen molar-refractivity contribution in [2.75, 3.05) is 0 Å². The van der Waals surface area contributed by atoms with E-state index in [1.165, 1.54) is 66.0 Å². The molecule has 0 heterocycles. The highest BCUT2D eigenvalue weighted by atomic mass is 14.1. The zero-order chi connectivity index (χ0) is 26.6. The van der Waals surface area contributed by atoms with Crippen LogP contribution in [0.25, 0.3) is 10.8 Å². The first-order valence-corrected chi connectivity index (χ1v) is 14.5. The Hall–Kier alpha value is -3.74. The van der Waals surface area contributed by atoms with Gasteiger partial charge in [-0.2, -0.15) is 0 Å². The fraction of sp³-hybridized carbons (Fsp3) is 0.316. The molecule has 0 bridgehead atoms. The summed E-state index contributed by atoms with van der Waals surface area (Å²) < 4.78 is 0. The smallest absolute Gasteiger partial charge is 0.0281 e. The van der Waals surface area contributed by atoms with Gasteiger partial charge in [0.25, 0.3) is 0 Å². The van der Waals surface area contributed by atoms with Crippen LogP contribution in [0.5, 0.6) is 0 Å². The maximum absolute atomic E-state index is 3.42. The van der Waals surface area contributed by atoms with E-state index in [0.717, 1.165) is 41.5 Å². The first-order valence-electron chi connectivity index (χ1n) is 14.5. The molecule has 0 aliphatic heterocycles. The standard InChI is InChI=1S/C38H40/c1-4-7-9-10-12-30-13-15-31(16-14-30)17-18-33-19-23-36(35(6-3)27-33)24-20-34-22-26-37-28-32(11-8-5-2)21-25-38(37)29-34/h13-16,19,21-23,25-29H,4-12H2,1-3H3. The maximum Gasteiger partial charge on any atom is 0.0281 e. The van der Waals surface area contributed by atoms with E-state index in [1.54, 1.807) is 0 Å². The van der Waals surface area contributed by atoms with Crippen molar-refractivity contribution >= 4 is 10.8 Å². The van der Waals surface area contributed by atoms with Gasteiger partial charge in [0.2, 0.25) is 0 Å². The van der Waals surface area contributed by atoms with Crippen molar-refractivity contribution in [1.29, 1.82) is 0 Å². The largest absolute Gasteiger partial charge is 0.0654 e. The number of hydrogen-bond acceptors (Lipinski definition) is 0. The molecule has 0 aliphatic rings. The highest BCUT2D eigenvalue weighted by Crippen LogP contribution is 2.19. The summed E-state index contributed by atoms with van der Waals surface area (Å²) in [5.74, 6) is 13.5. The van der Waals surface area contributed by atoms with E-state index in [4.69, 9.17) is 0 Å². The molecule has 4 aromatic rings. The summed E-state index contributed by atoms with van der Waals surface area (Å²) in [5, 5.41) is 2.55. The summed E-state index contributed by atoms with van der Waals surface area (Å²) in [6.07, 6.45) is 10.9. The lowest BCUT2D eigenvalue weighted by atomic mass is 10.00. The Balaban J connectivity index is 1.44. The maximum atomic E-state index is 3.42. The molecule has 0 aliphatic carbocycles. The molecule has 0 N–H and O–H groups in total. The van der Waals surface area contributed by atoms with Crippen LogP contribution in [-0.2, 0) is 19.3 Å². The van der Waals surface area contributed by atoms with Gasteiger partial charge in [-0.15, -0.1) is 0 Å². The van der Waals surface area contributed by atoms with Crippen molar-refractivity contribution in [2.45, 2.75) is 78.6 Å². The molecule has 0 atom stereocenters. The molecule has 0 fully saturated rings. The Labute approximate surface area is 230 Å². The lowest BCUT2D eigenvalue weighted by Gasteiger charge is -2.04. The number of fused-ring (bicyclic) bond motifs is 1. The van der Waals surface area contributed by atoms with E-state index in [9.17, 15) is 0 Å². The van der Waals surface area contributed by atoms with E-state index in [0.29, 0.717) is 0 Å². The molecular weight excluding hydrogens is 456 g/mol. The first-order chi connectivity index (χ1) is 18.7. The van der Waals surface area contributed by atoms with Gasteiger partial charge in [0.1, 0.15) is 0 Å². The molecule has 38 heavy (non-hydrogen) atoms. The van der Waals surface area contributed by atoms with Gasteiger partial charge in [0.15, 0.2) is 0 Å². The van der Waals surface area contributed by atoms with Gasteiger partial charge in [-0.1, -0.05) is 107 Å². The van der Waals surface area contributed by atoms with Crippen LogP contribution in [0.1, 0.15) is 98.2 Å². The molecule has 4 aromatic carbocycles. The monoisotopic (exact) mass is 496 g/mol. The Morgan fingerprint density at radius 3 is 1.87 bits per heavy atom. The highest BCUT2D eigenvalue weighted by molar-refractivity contribution is 5.84. The lowest BCUT2D eigenvalue weighted by molar-refractivity contribution is 0.667. The van der Waals surface area contributed by atoms with Crippen molar-refractivity contribution in [1.82, 2.24) is 0 Å². The molecule has 0 saturated carbocycles. The van der Waals surface area contributed by atoms with E-state index < -0.39 is 0 Å². The second kappa shape index (κ2) is 14.3. The van der Waals surface area contributed by atoms with E-state index in [-0.39, 0.29) is 0 Å². The zero-order valence-electron chi connectivity index (χ0n) is 23.4. The predicted molar refractivity (Wildman–Crippen MR) is 165 cm³/mol. The van der Waals surface area contributed by atoms with Crippen LogP contribution in [0.15, 0.2) is 78.9 Å². The van der Waals surface area contributed by atoms with Crippen LogP contribution in [0.3, 0.4) is 0 Å². The number of aryl methyl sites for hydroxylation is 3. The van der Waals surface area contributed by atoms with Crippen molar-refractivity contribution in [3.63, 3.8) is 0 Å². The third kappa shape index (κ3) is 7.88. The number of rotatable bonds is 9. The molecule has 0 amide bonds. The minimum Gasteiger partial charge on any atom is -0.0654 e. The lowest BCUT2D eigenvalue weighted by Crippen LogP contribution is -1.90. The summed E-state index contributed by atoms with van der Waals surface area (Å²) in [6.45, 7) is 6.68. The predicted octanol–water partition coefficient (Wildman–Crippen LogP) is 9.67. The summed E-state index contributed by atoms with van der Waals surface area (Å²) >= 11 is 0. The van der Waals surface area contributed by atoms with Crippen molar-refractivity contribution in [3.05, 3.63) is 118 Å². The van der Waals surface area contributed by atoms with Crippen LogP contribution in [0.4, 0.5) is 0 Å². The molecule has 0 saturated heterocycles. The third-order valence-corrected chi connectivity index (χ3v) is 7.18. The molecule has 0 radical (unpaired) electrons. The average molecular weight is 497 g/mol. The summed E-state index contributed by atoms with van der Waals surface area (Å²) in [6, 6.07) is 28.5. The minimum atomic E-state index is 0.935. The summed E-state index contributed by atoms with van der Waals surface area (Å²) in [5.41, 5.74) is 8.32. The molecule has 0 unspecified atom stereocenters. The van der Waals surface area contributed by atoms with E-state index in [2.05, 4.69) is 123 Å². The molecule has 0 spiro atoms. The Kier molecular flexibility index (Phi) is 10.2. The topological polar surface area (TPSA) is 0 Å². The van der Waals surface area contributed by atoms with Crippen LogP contribution in [0, 0.1) is 23.7 Å². The van der Waals surface area contributed by atoms with Crippen LogP contribution in [0.2, 0.25) is 0 Å². The normalized spacial score (nSPS) is 10.5. The van der Waals surface area contributed by atoms with Gasteiger partial charge in [-0.25, -0.2) is 0 Å². The summed E-state index contributed by atoms with van der Waals surface area (Å²) in [4.78, 5) is 0. The van der Waals surface area contributed by atoms with Gasteiger partial charge in [0, 0.05) is 22.3 Å². The van der Waals surface area contributed by atoms with Gasteiger partial charge < -0.3 is 0 Å². The first kappa shape index (κ1) is 27.3. The second-order valence-electron chi connectivity index (χ2n) is 10.2. The van der Waals surface area contributed by atoms with Crippen molar-refractivity contribution in [2.24, 2.45) is 0 Å². The Morgan fingerprint density at radius 1 is 0.474 bits per heavy atom. The van der Waals surface area contributed by atoms with Gasteiger partial charge in [0.05, 0.1) is 0 Å².